The van der Waals surface area contributed by atoms with Crippen LogP contribution in [-0.2, 0) is 16.2 Å². The molecule has 5 nitrogen and oxygen atoms in total. The monoisotopic (exact) mass is 1250 g/mol. The van der Waals surface area contributed by atoms with Gasteiger partial charge in [0.2, 0.25) is 0 Å². The Balaban J connectivity index is 1.06. The molecule has 0 atom stereocenters. The fourth-order valence-corrected chi connectivity index (χ4v) is 15.1. The van der Waals surface area contributed by atoms with Crippen LogP contribution in [0, 0.1) is 0 Å². The summed E-state index contributed by atoms with van der Waals surface area (Å²) in [4.78, 5) is 4.67. The van der Waals surface area contributed by atoms with Gasteiger partial charge in [0.05, 0.1) is 52.6 Å². The predicted octanol–water partition coefficient (Wildman–Crippen LogP) is 23.2. The van der Waals surface area contributed by atoms with Gasteiger partial charge in [0.15, 0.2) is 0 Å². The summed E-state index contributed by atoms with van der Waals surface area (Å²) in [7, 11) is 0. The highest BCUT2D eigenvalue weighted by atomic mass is 16.3. The summed E-state index contributed by atoms with van der Waals surface area (Å²) < 4.78 is 109. The van der Waals surface area contributed by atoms with Gasteiger partial charge in [-0.15, -0.1) is 0 Å². The molecule has 2 aliphatic rings. The largest absolute Gasteiger partial charge is 0.456 e. The third-order valence-corrected chi connectivity index (χ3v) is 20.0. The average Bonchev–Trinajstić information content (AvgIpc) is 0.906. The maximum Gasteiger partial charge on any atom is 0.252 e. The van der Waals surface area contributed by atoms with Crippen LogP contribution in [0.2, 0.25) is 0 Å². The van der Waals surface area contributed by atoms with Gasteiger partial charge >= 0.3 is 0 Å². The lowest BCUT2D eigenvalue weighted by atomic mass is 9.33. The van der Waals surface area contributed by atoms with Gasteiger partial charge in [-0.2, -0.15) is 0 Å². The highest BCUT2D eigenvalue weighted by molar-refractivity contribution is 7.00. The molecule has 16 aromatic rings. The number of nitrogens with zero attached hydrogens (tertiary/aromatic N) is 3. The summed E-state index contributed by atoms with van der Waals surface area (Å²) in [5.74, 6) is 0. The van der Waals surface area contributed by atoms with E-state index in [1.165, 1.54) is 16.7 Å². The lowest BCUT2D eigenvalue weighted by Crippen LogP contribution is -2.61. The standard InChI is InChI=1S/C90H72BN3O2/c1-88(2,3)63-37-33-58(34-38-63)62-48-78(86-68-30-20-22-32-82(68)96-84(86)50-62)94-76-42-36-60(56-25-15-11-16-26-56)46-72(76)91-71-45-59(55-23-13-10-14-24-55)35-41-75(71)93(77-47-61(57-27-17-12-18-28-57)49-83-85(77)67-29-19-21-31-81(67)95-83)79-53-66(54-80(94)87(79)91)92-73-43-39-64(89(4,5)6)51-69(73)70-52-65(90(7,8)9)40-44-74(70)92/h10-54H,1-9H3/i10D,11D,13D,14D,15D,16D,23D,24D,25D,26D. The summed E-state index contributed by atoms with van der Waals surface area (Å²) >= 11 is 0. The SMILES string of the molecule is [2H]c1c([2H])c([2H])c(-c2ccc3c(c2)B2c4cc(-c5c([2H])c([2H])c([2H])c([2H])c5[2H])ccc4N(c4cc(-c5ccc(C(C)(C)C)cc5)cc5oc6ccccc6c45)c4cc(-n5c6ccc(C(C)(C)C)cc6c6cc(C(C)(C)C)ccc65)cc(c42)N3c2cc(-c3ccccc3)cc3oc4ccccc4c23)c([2H])c1[2H]. The molecule has 0 N–H and O–H groups in total. The minimum absolute atomic E-state index is 0.0266. The second-order valence-corrected chi connectivity index (χ2v) is 29.0. The zero-order valence-corrected chi connectivity index (χ0v) is 54.9. The van der Waals surface area contributed by atoms with Crippen molar-refractivity contribution in [3.63, 3.8) is 0 Å². The van der Waals surface area contributed by atoms with Crippen molar-refractivity contribution < 1.29 is 22.5 Å². The van der Waals surface area contributed by atoms with Crippen LogP contribution in [0.1, 0.15) is 92.7 Å². The minimum Gasteiger partial charge on any atom is -0.456 e. The Labute approximate surface area is 575 Å². The molecule has 3 aromatic heterocycles. The molecule has 0 radical (unpaired) electrons. The highest BCUT2D eigenvalue weighted by Gasteiger charge is 2.45. The van der Waals surface area contributed by atoms with Crippen LogP contribution < -0.4 is 26.2 Å². The van der Waals surface area contributed by atoms with Crippen molar-refractivity contribution in [1.82, 2.24) is 4.57 Å². The van der Waals surface area contributed by atoms with Crippen molar-refractivity contribution in [2.75, 3.05) is 9.80 Å². The van der Waals surface area contributed by atoms with Gasteiger partial charge in [0.1, 0.15) is 22.3 Å². The van der Waals surface area contributed by atoms with Crippen LogP contribution in [0.3, 0.4) is 0 Å². The zero-order chi connectivity index (χ0) is 73.8. The van der Waals surface area contributed by atoms with E-state index in [4.69, 9.17) is 17.1 Å². The Bertz CT molecular complexity index is 6360. The van der Waals surface area contributed by atoms with Gasteiger partial charge in [-0.05, 0) is 179 Å². The molecule has 2 aliphatic heterocycles. The Kier molecular flexibility index (Phi) is 10.6. The first-order chi connectivity index (χ1) is 50.6. The molecule has 0 spiro atoms. The normalized spacial score (nSPS) is 14.7. The molecule has 18 rings (SSSR count). The van der Waals surface area contributed by atoms with Gasteiger partial charge in [0, 0.05) is 44.3 Å². The fraction of sp³-hybridized carbons (Fsp3) is 0.133. The van der Waals surface area contributed by atoms with E-state index in [-0.39, 0.29) is 51.5 Å². The van der Waals surface area contributed by atoms with Crippen LogP contribution in [0.4, 0.5) is 34.1 Å². The average molecular weight is 1250 g/mol. The lowest BCUT2D eigenvalue weighted by Gasteiger charge is -2.45. The van der Waals surface area contributed by atoms with Gasteiger partial charge < -0.3 is 23.2 Å². The van der Waals surface area contributed by atoms with Crippen molar-refractivity contribution in [3.05, 3.63) is 289 Å². The molecule has 0 amide bonds. The van der Waals surface area contributed by atoms with Crippen LogP contribution in [0.15, 0.2) is 282 Å². The van der Waals surface area contributed by atoms with E-state index in [0.717, 1.165) is 99.5 Å². The van der Waals surface area contributed by atoms with Crippen molar-refractivity contribution >= 4 is 123 Å². The van der Waals surface area contributed by atoms with Crippen LogP contribution in [-0.4, -0.2) is 11.3 Å². The van der Waals surface area contributed by atoms with Crippen molar-refractivity contribution in [2.45, 2.75) is 78.6 Å². The summed E-state index contributed by atoms with van der Waals surface area (Å²) in [6.07, 6.45) is 0. The smallest absolute Gasteiger partial charge is 0.252 e. The summed E-state index contributed by atoms with van der Waals surface area (Å²) in [5.41, 5.74) is 19.8. The topological polar surface area (TPSA) is 37.7 Å². The molecule has 0 aliphatic carbocycles. The third kappa shape index (κ3) is 9.13. The first kappa shape index (κ1) is 47.7. The Morgan fingerprint density at radius 2 is 0.729 bits per heavy atom. The molecular weight excluding hydrogens is 1170 g/mol. The molecule has 0 saturated heterocycles. The van der Waals surface area contributed by atoms with E-state index in [1.54, 1.807) is 0 Å². The molecule has 6 heteroatoms. The van der Waals surface area contributed by atoms with Gasteiger partial charge in [-0.25, -0.2) is 0 Å². The Morgan fingerprint density at radius 3 is 1.19 bits per heavy atom. The minimum atomic E-state index is -0.800. The van der Waals surface area contributed by atoms with Gasteiger partial charge in [-0.3, -0.25) is 0 Å². The molecule has 13 aromatic carbocycles. The van der Waals surface area contributed by atoms with E-state index in [1.807, 2.05) is 91.0 Å². The number of rotatable bonds is 7. The third-order valence-electron chi connectivity index (χ3n) is 20.0. The predicted molar refractivity (Wildman–Crippen MR) is 407 cm³/mol. The van der Waals surface area contributed by atoms with Crippen LogP contribution in [0.5, 0.6) is 0 Å². The summed E-state index contributed by atoms with van der Waals surface area (Å²) in [6, 6.07) is 69.6. The van der Waals surface area contributed by atoms with E-state index in [9.17, 15) is 5.48 Å². The zero-order valence-electron chi connectivity index (χ0n) is 64.9. The molecular formula is C90H72BN3O2. The maximum atomic E-state index is 9.59. The Morgan fingerprint density at radius 1 is 0.312 bits per heavy atom. The first-order valence-electron chi connectivity index (χ1n) is 38.0. The van der Waals surface area contributed by atoms with Crippen molar-refractivity contribution in [3.8, 4) is 50.2 Å². The number of hydrogen-bond acceptors (Lipinski definition) is 4. The number of benzene rings is 13. The molecule has 0 fully saturated rings. The summed E-state index contributed by atoms with van der Waals surface area (Å²) in [6.45, 7) is 19.3. The molecule has 96 heavy (non-hydrogen) atoms. The van der Waals surface area contributed by atoms with E-state index in [0.29, 0.717) is 55.8 Å². The van der Waals surface area contributed by atoms with Gasteiger partial charge in [-0.1, -0.05) is 250 Å². The molecule has 462 valence electrons. The number of aromatic nitrogens is 1. The number of hydrogen-bond donors (Lipinski definition) is 0. The second-order valence-electron chi connectivity index (χ2n) is 29.0. The number of furan rings is 2. The van der Waals surface area contributed by atoms with Crippen LogP contribution >= 0.6 is 0 Å². The second kappa shape index (κ2) is 21.2. The Hall–Kier alpha value is -11.1. The van der Waals surface area contributed by atoms with Crippen molar-refractivity contribution in [1.29, 1.82) is 0 Å². The highest BCUT2D eigenvalue weighted by Crippen LogP contribution is 2.53. The number of anilines is 6. The van der Waals surface area contributed by atoms with E-state index >= 15 is 0 Å². The first-order valence-corrected chi connectivity index (χ1v) is 33.0. The van der Waals surface area contributed by atoms with E-state index in [2.05, 4.69) is 198 Å². The molecule has 0 bridgehead atoms. The number of para-hydroxylation sites is 2. The molecule has 0 saturated carbocycles. The molecule has 0 unspecified atom stereocenters. The van der Waals surface area contributed by atoms with Gasteiger partial charge in [0.25, 0.3) is 6.71 Å². The maximum absolute atomic E-state index is 9.59. The molecule has 5 heterocycles. The summed E-state index contributed by atoms with van der Waals surface area (Å²) in [5, 5.41) is 5.62. The van der Waals surface area contributed by atoms with Crippen molar-refractivity contribution in [2.24, 2.45) is 0 Å². The fourth-order valence-electron chi connectivity index (χ4n) is 15.1. The van der Waals surface area contributed by atoms with Crippen LogP contribution in [0.25, 0.3) is 116 Å². The van der Waals surface area contributed by atoms with E-state index < -0.39 is 43.0 Å². The lowest BCUT2D eigenvalue weighted by molar-refractivity contribution is 0.590. The quantitative estimate of drug-likeness (QED) is 0.149. The number of fused-ring (bicyclic) bond motifs is 13.